The van der Waals surface area contributed by atoms with Crippen molar-refractivity contribution in [2.24, 2.45) is 0 Å². The summed E-state index contributed by atoms with van der Waals surface area (Å²) < 4.78 is 40.7. The molecule has 7 nitrogen and oxygen atoms in total. The van der Waals surface area contributed by atoms with Gasteiger partial charge in [-0.1, -0.05) is 78.7 Å². The summed E-state index contributed by atoms with van der Waals surface area (Å²) in [6, 6.07) is 18.3. The van der Waals surface area contributed by atoms with Gasteiger partial charge in [0.15, 0.2) is 6.07 Å². The monoisotopic (exact) mass is 468 g/mol. The molecule has 0 aliphatic heterocycles. The summed E-state index contributed by atoms with van der Waals surface area (Å²) in [4.78, 5) is 11.7. The second kappa shape index (κ2) is 12.2. The Kier molecular flexibility index (Phi) is 9.37. The summed E-state index contributed by atoms with van der Waals surface area (Å²) in [7, 11) is -3.97. The summed E-state index contributed by atoms with van der Waals surface area (Å²) in [6.45, 7) is 0.110. The van der Waals surface area contributed by atoms with Crippen LogP contribution in [0.2, 0.25) is 0 Å². The van der Waals surface area contributed by atoms with Crippen molar-refractivity contribution in [1.29, 1.82) is 0 Å². The lowest BCUT2D eigenvalue weighted by atomic mass is 9.95. The highest BCUT2D eigenvalue weighted by Gasteiger charge is 2.38. The van der Waals surface area contributed by atoms with Crippen molar-refractivity contribution in [2.75, 3.05) is 6.07 Å². The average molecular weight is 469 g/mol. The number of halogens is 1. The van der Waals surface area contributed by atoms with Gasteiger partial charge in [0.05, 0.1) is 13.2 Å². The highest BCUT2D eigenvalue weighted by Crippen LogP contribution is 2.53. The molecule has 0 spiro atoms. The molecule has 0 N–H and O–H groups in total. The number of carbonyl (C=O) groups excluding carboxylic acids is 1. The van der Waals surface area contributed by atoms with E-state index in [-0.39, 0.29) is 19.3 Å². The molecule has 1 saturated carbocycles. The van der Waals surface area contributed by atoms with Crippen LogP contribution >= 0.6 is 19.4 Å². The van der Waals surface area contributed by atoms with Crippen LogP contribution in [0.4, 0.5) is 4.79 Å². The number of alkyl halides is 1. The third-order valence-electron chi connectivity index (χ3n) is 4.79. The molecule has 0 unspecified atom stereocenters. The van der Waals surface area contributed by atoms with Crippen molar-refractivity contribution in [3.05, 3.63) is 71.8 Å². The maximum atomic E-state index is 13.5. The van der Waals surface area contributed by atoms with Crippen LogP contribution in [0, 0.1) is 0 Å². The van der Waals surface area contributed by atoms with E-state index in [1.807, 2.05) is 60.7 Å². The Hall–Kier alpha value is -1.89. The van der Waals surface area contributed by atoms with E-state index in [1.54, 1.807) is 0 Å². The Morgan fingerprint density at radius 3 is 1.90 bits per heavy atom. The lowest BCUT2D eigenvalue weighted by Crippen LogP contribution is -2.36. The zero-order chi connectivity index (χ0) is 21.9. The summed E-state index contributed by atoms with van der Waals surface area (Å²) in [5.41, 5.74) is 1.66. The van der Waals surface area contributed by atoms with Crippen LogP contribution in [0.1, 0.15) is 36.8 Å². The van der Waals surface area contributed by atoms with Gasteiger partial charge < -0.3 is 9.47 Å². The Morgan fingerprint density at radius 2 is 1.39 bits per heavy atom. The Bertz CT molecular complexity index is 802. The zero-order valence-corrected chi connectivity index (χ0v) is 18.7. The molecule has 0 radical (unpaired) electrons. The van der Waals surface area contributed by atoms with Crippen LogP contribution < -0.4 is 0 Å². The summed E-state index contributed by atoms with van der Waals surface area (Å²) in [6.07, 6.45) is 0.629. The van der Waals surface area contributed by atoms with Gasteiger partial charge in [0.25, 0.3) is 0 Å². The van der Waals surface area contributed by atoms with E-state index < -0.39 is 26.2 Å². The second-order valence-corrected chi connectivity index (χ2v) is 8.89. The third-order valence-corrected chi connectivity index (χ3v) is 6.32. The lowest BCUT2D eigenvalue weighted by molar-refractivity contribution is -0.0512. The fourth-order valence-electron chi connectivity index (χ4n) is 3.24. The topological polar surface area (TPSA) is 80.3 Å². The molecule has 1 aliphatic carbocycles. The van der Waals surface area contributed by atoms with E-state index in [0.29, 0.717) is 12.8 Å². The van der Waals surface area contributed by atoms with Crippen molar-refractivity contribution in [1.82, 2.24) is 0 Å². The molecule has 2 atom stereocenters. The fraction of sp³-hybridized carbons (Fsp3) is 0.409. The molecule has 31 heavy (non-hydrogen) atoms. The first-order valence-electron chi connectivity index (χ1n) is 10.1. The van der Waals surface area contributed by atoms with Gasteiger partial charge in [-0.15, -0.1) is 0 Å². The molecule has 0 amide bonds. The number of carbonyl (C=O) groups is 1. The maximum absolute atomic E-state index is 13.5. The first kappa shape index (κ1) is 23.8. The Balaban J connectivity index is 1.70. The molecular formula is C22H26ClO7P. The van der Waals surface area contributed by atoms with Gasteiger partial charge >= 0.3 is 14.0 Å². The summed E-state index contributed by atoms with van der Waals surface area (Å²) in [5.74, 6) is 0. The molecule has 168 valence electrons. The Labute approximate surface area is 187 Å². The van der Waals surface area contributed by atoms with Gasteiger partial charge in [-0.3, -0.25) is 13.6 Å². The van der Waals surface area contributed by atoms with Gasteiger partial charge in [-0.2, -0.15) is 0 Å². The quantitative estimate of drug-likeness (QED) is 0.233. The molecule has 0 heterocycles. The van der Waals surface area contributed by atoms with Crippen molar-refractivity contribution >= 4 is 25.6 Å². The fourth-order valence-corrected chi connectivity index (χ4v) is 4.71. The molecule has 0 bridgehead atoms. The van der Waals surface area contributed by atoms with E-state index >= 15 is 0 Å². The number of ether oxygens (including phenoxy) is 2. The smallest absolute Gasteiger partial charge is 0.428 e. The summed E-state index contributed by atoms with van der Waals surface area (Å²) >= 11 is 5.42. The first-order valence-corrected chi connectivity index (χ1v) is 12.1. The highest BCUT2D eigenvalue weighted by atomic mass is 35.5. The zero-order valence-electron chi connectivity index (χ0n) is 17.1. The number of phosphoric acid groups is 1. The van der Waals surface area contributed by atoms with Gasteiger partial charge in [0.1, 0.15) is 12.2 Å². The molecule has 1 aliphatic rings. The van der Waals surface area contributed by atoms with Crippen LogP contribution in [0.3, 0.4) is 0 Å². The second-order valence-electron chi connectivity index (χ2n) is 7.05. The van der Waals surface area contributed by atoms with Crippen molar-refractivity contribution in [3.8, 4) is 0 Å². The minimum absolute atomic E-state index is 0.0550. The predicted molar refractivity (Wildman–Crippen MR) is 115 cm³/mol. The van der Waals surface area contributed by atoms with Gasteiger partial charge in [0.2, 0.25) is 0 Å². The lowest BCUT2D eigenvalue weighted by Gasteiger charge is -2.32. The molecule has 0 aromatic heterocycles. The number of hydrogen-bond acceptors (Lipinski definition) is 7. The van der Waals surface area contributed by atoms with E-state index in [2.05, 4.69) is 4.74 Å². The largest absolute Gasteiger partial charge is 0.509 e. The van der Waals surface area contributed by atoms with Crippen LogP contribution in [0.15, 0.2) is 60.7 Å². The molecule has 1 fully saturated rings. The standard InChI is InChI=1S/C22H26ClO7P/c23-17-26-22(24)29-20-13-7-8-14-21(20)30-31(25,27-15-18-9-3-1-4-10-18)28-16-19-11-5-2-6-12-19/h1-6,9-12,20-21H,7-8,13-17H2/t20-,21+/m0/s1. The van der Waals surface area contributed by atoms with Gasteiger partial charge in [0, 0.05) is 0 Å². The molecule has 2 aromatic rings. The van der Waals surface area contributed by atoms with Crippen molar-refractivity contribution in [2.45, 2.75) is 51.1 Å². The predicted octanol–water partition coefficient (Wildman–Crippen LogP) is 6.21. The molecular weight excluding hydrogens is 443 g/mol. The average Bonchev–Trinajstić information content (AvgIpc) is 2.79. The number of rotatable bonds is 10. The van der Waals surface area contributed by atoms with E-state index in [0.717, 1.165) is 24.0 Å². The highest BCUT2D eigenvalue weighted by molar-refractivity contribution is 7.48. The van der Waals surface area contributed by atoms with E-state index in [9.17, 15) is 9.36 Å². The van der Waals surface area contributed by atoms with Crippen LogP contribution in [0.25, 0.3) is 0 Å². The molecule has 0 saturated heterocycles. The minimum atomic E-state index is -3.97. The molecule has 2 aromatic carbocycles. The number of phosphoric ester groups is 1. The van der Waals surface area contributed by atoms with Crippen LogP contribution in [-0.4, -0.2) is 24.4 Å². The third kappa shape index (κ3) is 7.95. The molecule has 9 heteroatoms. The van der Waals surface area contributed by atoms with Gasteiger partial charge in [-0.05, 0) is 30.4 Å². The van der Waals surface area contributed by atoms with Crippen LogP contribution in [0.5, 0.6) is 0 Å². The SMILES string of the molecule is O=C(OCCl)O[C@H]1CCCC[C@H]1OP(=O)(OCc1ccccc1)OCc1ccccc1. The van der Waals surface area contributed by atoms with E-state index in [4.69, 9.17) is 29.9 Å². The molecule has 3 rings (SSSR count). The Morgan fingerprint density at radius 1 is 0.871 bits per heavy atom. The van der Waals surface area contributed by atoms with Crippen LogP contribution in [-0.2, 0) is 40.8 Å². The normalized spacial score (nSPS) is 19.0. The minimum Gasteiger partial charge on any atom is -0.428 e. The maximum Gasteiger partial charge on any atom is 0.509 e. The van der Waals surface area contributed by atoms with E-state index in [1.165, 1.54) is 0 Å². The summed E-state index contributed by atoms with van der Waals surface area (Å²) in [5, 5.41) is 0. The van der Waals surface area contributed by atoms with Gasteiger partial charge in [-0.25, -0.2) is 9.36 Å². The first-order chi connectivity index (χ1) is 15.1. The number of hydrogen-bond donors (Lipinski definition) is 0. The number of benzene rings is 2. The van der Waals surface area contributed by atoms with Crippen molar-refractivity contribution < 1.29 is 32.4 Å². The van der Waals surface area contributed by atoms with Crippen molar-refractivity contribution in [3.63, 3.8) is 0 Å².